The molecule has 0 aromatic heterocycles. The SMILES string of the molecule is COc1cccc(CCNS(=O)(=O)c2cc(N3C(=O)CCCC3=O)ccc2OC)c1. The molecule has 8 nitrogen and oxygen atoms in total. The highest BCUT2D eigenvalue weighted by Crippen LogP contribution is 2.31. The maximum atomic E-state index is 12.9. The van der Waals surface area contributed by atoms with E-state index in [4.69, 9.17) is 9.47 Å². The predicted molar refractivity (Wildman–Crippen MR) is 111 cm³/mol. The van der Waals surface area contributed by atoms with Crippen molar-refractivity contribution in [1.29, 1.82) is 0 Å². The quantitative estimate of drug-likeness (QED) is 0.642. The Balaban J connectivity index is 1.81. The van der Waals surface area contributed by atoms with E-state index in [-0.39, 0.29) is 47.5 Å². The summed E-state index contributed by atoms with van der Waals surface area (Å²) in [5.74, 6) is 0.140. The number of carbonyl (C=O) groups excluding carboxylic acids is 2. The van der Waals surface area contributed by atoms with Crippen molar-refractivity contribution >= 4 is 27.5 Å². The number of ether oxygens (including phenoxy) is 2. The average Bonchev–Trinajstić information content (AvgIpc) is 2.73. The van der Waals surface area contributed by atoms with Gasteiger partial charge in [0.25, 0.3) is 0 Å². The summed E-state index contributed by atoms with van der Waals surface area (Å²) >= 11 is 0. The van der Waals surface area contributed by atoms with Crippen molar-refractivity contribution in [1.82, 2.24) is 4.72 Å². The standard InChI is InChI=1S/C21H24N2O6S/c1-28-17-6-3-5-15(13-17)11-12-22-30(26,27)19-14-16(9-10-18(19)29-2)23-20(24)7-4-8-21(23)25/h3,5-6,9-10,13-14,22H,4,7-8,11-12H2,1-2H3. The van der Waals surface area contributed by atoms with Crippen LogP contribution >= 0.6 is 0 Å². The number of imide groups is 1. The fraction of sp³-hybridized carbons (Fsp3) is 0.333. The van der Waals surface area contributed by atoms with Crippen LogP contribution in [-0.4, -0.2) is 41.0 Å². The topological polar surface area (TPSA) is 102 Å². The van der Waals surface area contributed by atoms with Crippen LogP contribution in [0.15, 0.2) is 47.4 Å². The van der Waals surface area contributed by atoms with Gasteiger partial charge in [-0.05, 0) is 48.7 Å². The van der Waals surface area contributed by atoms with Crippen molar-refractivity contribution < 1.29 is 27.5 Å². The van der Waals surface area contributed by atoms with Gasteiger partial charge in [0.15, 0.2) is 0 Å². The molecule has 1 aliphatic rings. The van der Waals surface area contributed by atoms with Gasteiger partial charge in [-0.1, -0.05) is 12.1 Å². The van der Waals surface area contributed by atoms with Gasteiger partial charge in [-0.25, -0.2) is 13.1 Å². The highest BCUT2D eigenvalue weighted by atomic mass is 32.2. The molecule has 0 saturated carbocycles. The molecule has 9 heteroatoms. The highest BCUT2D eigenvalue weighted by Gasteiger charge is 2.29. The molecular formula is C21H24N2O6S. The summed E-state index contributed by atoms with van der Waals surface area (Å²) in [5.41, 5.74) is 1.14. The first-order chi connectivity index (χ1) is 14.4. The lowest BCUT2D eigenvalue weighted by atomic mass is 10.1. The van der Waals surface area contributed by atoms with Gasteiger partial charge in [-0.2, -0.15) is 0 Å². The minimum Gasteiger partial charge on any atom is -0.497 e. The summed E-state index contributed by atoms with van der Waals surface area (Å²) in [7, 11) is -1.01. The molecule has 2 amide bonds. The van der Waals surface area contributed by atoms with Crippen molar-refractivity contribution in [3.8, 4) is 11.5 Å². The Kier molecular flexibility index (Phi) is 6.73. The Morgan fingerprint density at radius 3 is 2.40 bits per heavy atom. The molecule has 30 heavy (non-hydrogen) atoms. The summed E-state index contributed by atoms with van der Waals surface area (Å²) in [6.45, 7) is 0.157. The summed E-state index contributed by atoms with van der Waals surface area (Å²) in [5, 5.41) is 0. The molecule has 160 valence electrons. The molecule has 1 heterocycles. The van der Waals surface area contributed by atoms with E-state index in [0.717, 1.165) is 10.5 Å². The maximum Gasteiger partial charge on any atom is 0.244 e. The number of nitrogens with one attached hydrogen (secondary N) is 1. The van der Waals surface area contributed by atoms with Crippen LogP contribution in [0.5, 0.6) is 11.5 Å². The van der Waals surface area contributed by atoms with E-state index in [1.165, 1.54) is 25.3 Å². The third-order valence-electron chi connectivity index (χ3n) is 4.81. The maximum absolute atomic E-state index is 12.9. The smallest absolute Gasteiger partial charge is 0.244 e. The van der Waals surface area contributed by atoms with E-state index >= 15 is 0 Å². The lowest BCUT2D eigenvalue weighted by Gasteiger charge is -2.25. The van der Waals surface area contributed by atoms with Crippen LogP contribution in [0.25, 0.3) is 0 Å². The number of piperidine rings is 1. The minimum absolute atomic E-state index is 0.126. The highest BCUT2D eigenvalue weighted by molar-refractivity contribution is 7.89. The molecule has 1 aliphatic heterocycles. The Hall–Kier alpha value is -2.91. The van der Waals surface area contributed by atoms with E-state index in [1.54, 1.807) is 7.11 Å². The Labute approximate surface area is 175 Å². The van der Waals surface area contributed by atoms with Crippen molar-refractivity contribution in [2.75, 3.05) is 25.7 Å². The zero-order valence-corrected chi connectivity index (χ0v) is 17.7. The fourth-order valence-corrected chi connectivity index (χ4v) is 4.51. The molecule has 1 saturated heterocycles. The van der Waals surface area contributed by atoms with E-state index in [1.807, 2.05) is 24.3 Å². The molecule has 1 N–H and O–H groups in total. The van der Waals surface area contributed by atoms with Crippen molar-refractivity contribution in [3.63, 3.8) is 0 Å². The Morgan fingerprint density at radius 1 is 1.00 bits per heavy atom. The van der Waals surface area contributed by atoms with Gasteiger partial charge in [0.1, 0.15) is 16.4 Å². The first kappa shape index (κ1) is 21.8. The first-order valence-electron chi connectivity index (χ1n) is 9.52. The van der Waals surface area contributed by atoms with Crippen LogP contribution in [0.3, 0.4) is 0 Å². The molecule has 0 spiro atoms. The van der Waals surface area contributed by atoms with Crippen LogP contribution in [-0.2, 0) is 26.0 Å². The number of hydrogen-bond acceptors (Lipinski definition) is 6. The van der Waals surface area contributed by atoms with E-state index < -0.39 is 10.0 Å². The van der Waals surface area contributed by atoms with Crippen molar-refractivity contribution in [3.05, 3.63) is 48.0 Å². The van der Waals surface area contributed by atoms with Gasteiger partial charge in [0, 0.05) is 19.4 Å². The number of anilines is 1. The number of rotatable bonds is 8. The normalized spacial score (nSPS) is 14.7. The molecule has 2 aromatic rings. The van der Waals surface area contributed by atoms with Crippen LogP contribution in [0.1, 0.15) is 24.8 Å². The molecule has 0 bridgehead atoms. The summed E-state index contributed by atoms with van der Waals surface area (Å²) in [6.07, 6.45) is 1.46. The molecule has 1 fully saturated rings. The molecular weight excluding hydrogens is 408 g/mol. The monoisotopic (exact) mass is 432 g/mol. The van der Waals surface area contributed by atoms with Gasteiger partial charge in [0.2, 0.25) is 21.8 Å². The van der Waals surface area contributed by atoms with Gasteiger partial charge < -0.3 is 9.47 Å². The minimum atomic E-state index is -3.94. The van der Waals surface area contributed by atoms with E-state index in [0.29, 0.717) is 18.6 Å². The zero-order valence-electron chi connectivity index (χ0n) is 16.9. The second-order valence-electron chi connectivity index (χ2n) is 6.81. The molecule has 2 aromatic carbocycles. The summed E-state index contributed by atoms with van der Waals surface area (Å²) < 4.78 is 38.8. The molecule has 3 rings (SSSR count). The predicted octanol–water partition coefficient (Wildman–Crippen LogP) is 2.27. The Bertz CT molecular complexity index is 1040. The van der Waals surface area contributed by atoms with Crippen LogP contribution in [0, 0.1) is 0 Å². The van der Waals surface area contributed by atoms with Crippen LogP contribution < -0.4 is 19.1 Å². The number of sulfonamides is 1. The van der Waals surface area contributed by atoms with Gasteiger partial charge >= 0.3 is 0 Å². The summed E-state index contributed by atoms with van der Waals surface area (Å²) in [4.78, 5) is 25.3. The third kappa shape index (κ3) is 4.80. The number of nitrogens with zero attached hydrogens (tertiary/aromatic N) is 1. The second kappa shape index (κ2) is 9.27. The average molecular weight is 432 g/mol. The third-order valence-corrected chi connectivity index (χ3v) is 6.30. The van der Waals surface area contributed by atoms with Gasteiger partial charge in [-0.15, -0.1) is 0 Å². The molecule has 0 unspecified atom stereocenters. The first-order valence-corrected chi connectivity index (χ1v) is 11.0. The number of amides is 2. The molecule has 0 atom stereocenters. The zero-order chi connectivity index (χ0) is 21.7. The second-order valence-corrected chi connectivity index (χ2v) is 8.55. The fourth-order valence-electron chi connectivity index (χ4n) is 3.29. The van der Waals surface area contributed by atoms with Gasteiger partial charge in [-0.3, -0.25) is 14.5 Å². The van der Waals surface area contributed by atoms with E-state index in [9.17, 15) is 18.0 Å². The number of benzene rings is 2. The Morgan fingerprint density at radius 2 is 1.73 bits per heavy atom. The lowest BCUT2D eigenvalue weighted by Crippen LogP contribution is -2.40. The molecule has 0 aliphatic carbocycles. The van der Waals surface area contributed by atoms with E-state index in [2.05, 4.69) is 4.72 Å². The number of methoxy groups -OCH3 is 2. The molecule has 0 radical (unpaired) electrons. The van der Waals surface area contributed by atoms with Crippen LogP contribution in [0.4, 0.5) is 5.69 Å². The van der Waals surface area contributed by atoms with Gasteiger partial charge in [0.05, 0.1) is 19.9 Å². The van der Waals surface area contributed by atoms with Crippen molar-refractivity contribution in [2.45, 2.75) is 30.6 Å². The van der Waals surface area contributed by atoms with Crippen LogP contribution in [0.2, 0.25) is 0 Å². The largest absolute Gasteiger partial charge is 0.497 e. The lowest BCUT2D eigenvalue weighted by molar-refractivity contribution is -0.129. The number of carbonyl (C=O) groups is 2. The summed E-state index contributed by atoms with van der Waals surface area (Å²) in [6, 6.07) is 11.6. The number of hydrogen-bond donors (Lipinski definition) is 1. The van der Waals surface area contributed by atoms with Crippen molar-refractivity contribution in [2.24, 2.45) is 0 Å².